The van der Waals surface area contributed by atoms with Crippen molar-refractivity contribution in [1.82, 2.24) is 30.4 Å². The zero-order valence-electron chi connectivity index (χ0n) is 22.4. The molecule has 3 heterocycles. The third kappa shape index (κ3) is 6.24. The van der Waals surface area contributed by atoms with Gasteiger partial charge in [0.2, 0.25) is 5.95 Å². The zero-order chi connectivity index (χ0) is 29.0. The largest absolute Gasteiger partial charge is 0.495 e. The summed E-state index contributed by atoms with van der Waals surface area (Å²) in [6.45, 7) is 1.91. The highest BCUT2D eigenvalue weighted by atomic mass is 19.4. The van der Waals surface area contributed by atoms with Crippen molar-refractivity contribution < 1.29 is 22.7 Å². The molecule has 41 heavy (non-hydrogen) atoms. The van der Waals surface area contributed by atoms with Gasteiger partial charge in [-0.25, -0.2) is 4.98 Å². The van der Waals surface area contributed by atoms with Crippen LogP contribution in [0.2, 0.25) is 0 Å². The van der Waals surface area contributed by atoms with Gasteiger partial charge in [0, 0.05) is 25.0 Å². The molecule has 2 aromatic carbocycles. The normalized spacial score (nSPS) is 14.0. The molecular formula is C28H29F3N8O2. The van der Waals surface area contributed by atoms with Crippen molar-refractivity contribution in [2.75, 3.05) is 37.9 Å². The first-order valence-corrected chi connectivity index (χ1v) is 13.0. The molecule has 0 bridgehead atoms. The quantitative estimate of drug-likeness (QED) is 0.232. The van der Waals surface area contributed by atoms with E-state index in [1.165, 1.54) is 26.3 Å². The minimum atomic E-state index is -4.74. The highest BCUT2D eigenvalue weighted by Crippen LogP contribution is 2.37. The fourth-order valence-corrected chi connectivity index (χ4v) is 4.65. The molecule has 13 heteroatoms. The van der Waals surface area contributed by atoms with Crippen molar-refractivity contribution in [1.29, 1.82) is 0 Å². The third-order valence-corrected chi connectivity index (χ3v) is 6.81. The highest BCUT2D eigenvalue weighted by Gasteiger charge is 2.35. The van der Waals surface area contributed by atoms with Crippen molar-refractivity contribution in [3.8, 4) is 16.9 Å². The van der Waals surface area contributed by atoms with Crippen LogP contribution in [0.25, 0.3) is 11.1 Å². The molecule has 4 aromatic rings. The van der Waals surface area contributed by atoms with E-state index in [4.69, 9.17) is 4.74 Å². The maximum atomic E-state index is 13.8. The number of anilines is 4. The van der Waals surface area contributed by atoms with Crippen LogP contribution in [0, 0.1) is 0 Å². The first-order chi connectivity index (χ1) is 19.8. The molecule has 4 N–H and O–H groups in total. The molecular weight excluding hydrogens is 537 g/mol. The molecule has 2 aromatic heterocycles. The number of hydrogen-bond acceptors (Lipinski definition) is 8. The van der Waals surface area contributed by atoms with Crippen LogP contribution in [0.4, 0.5) is 36.3 Å². The van der Waals surface area contributed by atoms with Crippen LogP contribution in [0.15, 0.2) is 61.1 Å². The average Bonchev–Trinajstić information content (AvgIpc) is 3.48. The summed E-state index contributed by atoms with van der Waals surface area (Å²) < 4.78 is 49.0. The Labute approximate surface area is 234 Å². The van der Waals surface area contributed by atoms with Crippen LogP contribution in [0.1, 0.15) is 34.8 Å². The highest BCUT2D eigenvalue weighted by molar-refractivity contribution is 6.00. The Bertz CT molecular complexity index is 1530. The van der Waals surface area contributed by atoms with Crippen LogP contribution in [-0.2, 0) is 6.18 Å². The molecule has 1 fully saturated rings. The number of alkyl halides is 3. The Morgan fingerprint density at radius 3 is 2.56 bits per heavy atom. The lowest BCUT2D eigenvalue weighted by Gasteiger charge is -2.22. The summed E-state index contributed by atoms with van der Waals surface area (Å²) in [6.07, 6.45) is 1.78. The van der Waals surface area contributed by atoms with E-state index in [-0.39, 0.29) is 17.2 Å². The Kier molecular flexibility index (Phi) is 8.06. The van der Waals surface area contributed by atoms with E-state index in [9.17, 15) is 18.0 Å². The summed E-state index contributed by atoms with van der Waals surface area (Å²) in [5.74, 6) is -0.616. The van der Waals surface area contributed by atoms with E-state index < -0.39 is 23.5 Å². The number of para-hydroxylation sites is 1. The van der Waals surface area contributed by atoms with Crippen molar-refractivity contribution in [2.45, 2.75) is 25.1 Å². The molecule has 1 aliphatic rings. The number of nitrogens with one attached hydrogen (secondary N) is 4. The predicted octanol–water partition coefficient (Wildman–Crippen LogP) is 5.14. The van der Waals surface area contributed by atoms with Crippen LogP contribution < -0.4 is 26.0 Å². The number of hydrogen-bond donors (Lipinski definition) is 4. The Balaban J connectivity index is 1.42. The number of benzene rings is 2. The summed E-state index contributed by atoms with van der Waals surface area (Å²) in [4.78, 5) is 20.3. The second kappa shape index (κ2) is 11.8. The number of aromatic nitrogens is 4. The van der Waals surface area contributed by atoms with Gasteiger partial charge >= 0.3 is 6.18 Å². The van der Waals surface area contributed by atoms with Crippen LogP contribution in [-0.4, -0.2) is 52.9 Å². The number of rotatable bonds is 8. The summed E-state index contributed by atoms with van der Waals surface area (Å²) in [5.41, 5.74) is 1.49. The van der Waals surface area contributed by atoms with Gasteiger partial charge in [0.25, 0.3) is 5.91 Å². The molecule has 5 rings (SSSR count). The van der Waals surface area contributed by atoms with Gasteiger partial charge in [-0.05, 0) is 55.8 Å². The topological polar surface area (TPSA) is 118 Å². The minimum Gasteiger partial charge on any atom is -0.495 e. The van der Waals surface area contributed by atoms with E-state index in [0.717, 1.165) is 37.1 Å². The van der Waals surface area contributed by atoms with Gasteiger partial charge in [-0.2, -0.15) is 23.3 Å². The lowest BCUT2D eigenvalue weighted by molar-refractivity contribution is -0.137. The molecule has 1 saturated heterocycles. The number of carbonyl (C=O) groups excluding carboxylic acids is 1. The maximum absolute atomic E-state index is 13.8. The van der Waals surface area contributed by atoms with Crippen molar-refractivity contribution >= 4 is 29.0 Å². The zero-order valence-corrected chi connectivity index (χ0v) is 22.4. The smallest absolute Gasteiger partial charge is 0.421 e. The third-order valence-electron chi connectivity index (χ3n) is 6.81. The monoisotopic (exact) mass is 566 g/mol. The minimum absolute atomic E-state index is 0.0947. The molecule has 1 amide bonds. The number of amides is 1. The fourth-order valence-electron chi connectivity index (χ4n) is 4.65. The predicted molar refractivity (Wildman–Crippen MR) is 149 cm³/mol. The molecule has 214 valence electrons. The molecule has 0 saturated carbocycles. The van der Waals surface area contributed by atoms with Crippen LogP contribution >= 0.6 is 0 Å². The van der Waals surface area contributed by atoms with Crippen LogP contribution in [0.3, 0.4) is 0 Å². The Morgan fingerprint density at radius 2 is 1.83 bits per heavy atom. The summed E-state index contributed by atoms with van der Waals surface area (Å²) in [6, 6.07) is 12.0. The lowest BCUT2D eigenvalue weighted by Crippen LogP contribution is -2.29. The van der Waals surface area contributed by atoms with Gasteiger partial charge in [-0.1, -0.05) is 18.2 Å². The van der Waals surface area contributed by atoms with Gasteiger partial charge in [0.15, 0.2) is 0 Å². The van der Waals surface area contributed by atoms with Gasteiger partial charge in [-0.15, -0.1) is 0 Å². The molecule has 0 radical (unpaired) electrons. The number of methoxy groups -OCH3 is 1. The molecule has 10 nitrogen and oxygen atoms in total. The lowest BCUT2D eigenvalue weighted by atomic mass is 10.1. The Morgan fingerprint density at radius 1 is 1.05 bits per heavy atom. The van der Waals surface area contributed by atoms with E-state index in [1.807, 2.05) is 23.0 Å². The SMILES string of the molecule is CNC(=O)c1ccccc1Nc1nc(Nc2ccc(-c3cnn(C4CCNCC4)c3)cc2OC)ncc1C(F)(F)F. The average molecular weight is 567 g/mol. The van der Waals surface area contributed by atoms with Gasteiger partial charge < -0.3 is 26.0 Å². The number of carbonyl (C=O) groups is 1. The summed E-state index contributed by atoms with van der Waals surface area (Å²) in [5, 5.41) is 16.0. The van der Waals surface area contributed by atoms with Crippen molar-refractivity contribution in [2.24, 2.45) is 0 Å². The molecule has 1 aliphatic heterocycles. The molecule has 0 atom stereocenters. The van der Waals surface area contributed by atoms with E-state index in [0.29, 0.717) is 23.7 Å². The molecule has 0 spiro atoms. The van der Waals surface area contributed by atoms with Gasteiger partial charge in [-0.3, -0.25) is 9.48 Å². The van der Waals surface area contributed by atoms with Crippen LogP contribution in [0.5, 0.6) is 5.75 Å². The molecule has 0 aliphatic carbocycles. The molecule has 0 unspecified atom stereocenters. The summed E-state index contributed by atoms with van der Waals surface area (Å²) in [7, 11) is 2.94. The fraction of sp³-hybridized carbons (Fsp3) is 0.286. The number of nitrogens with zero attached hydrogens (tertiary/aromatic N) is 4. The van der Waals surface area contributed by atoms with Crippen molar-refractivity contribution in [3.63, 3.8) is 0 Å². The van der Waals surface area contributed by atoms with E-state index in [2.05, 4.69) is 36.3 Å². The van der Waals surface area contributed by atoms with E-state index >= 15 is 0 Å². The first-order valence-electron chi connectivity index (χ1n) is 13.0. The van der Waals surface area contributed by atoms with Gasteiger partial charge in [0.1, 0.15) is 17.1 Å². The standard InChI is InChI=1S/C28H29F3N8O2/c1-32-26(40)20-5-3-4-6-22(20)36-25-21(28(29,30)31)15-34-27(38-25)37-23-8-7-17(13-24(23)41-2)18-14-35-39(16-18)19-9-11-33-12-10-19/h3-8,13-16,19,33H,9-12H2,1-2H3,(H,32,40)(H2,34,36,37,38). The Hall–Kier alpha value is -4.65. The van der Waals surface area contributed by atoms with Crippen molar-refractivity contribution in [3.05, 3.63) is 72.2 Å². The first kappa shape index (κ1) is 27.9. The second-order valence-electron chi connectivity index (χ2n) is 9.43. The second-order valence-corrected chi connectivity index (χ2v) is 9.43. The number of piperidine rings is 1. The van der Waals surface area contributed by atoms with E-state index in [1.54, 1.807) is 24.4 Å². The number of halogens is 3. The maximum Gasteiger partial charge on any atom is 0.421 e. The summed E-state index contributed by atoms with van der Waals surface area (Å²) >= 11 is 0. The van der Waals surface area contributed by atoms with Gasteiger partial charge in [0.05, 0.1) is 36.3 Å². The number of ether oxygens (including phenoxy) is 1.